The summed E-state index contributed by atoms with van der Waals surface area (Å²) in [6.07, 6.45) is 0. The first-order valence-electron chi connectivity index (χ1n) is 4.97. The smallest absolute Gasteiger partial charge is 0.292 e. The second-order valence-corrected chi connectivity index (χ2v) is 5.68. The van der Waals surface area contributed by atoms with Crippen LogP contribution < -0.4 is 5.32 Å². The molecule has 0 atom stereocenters. The number of amides is 1. The number of hydrogen-bond acceptors (Lipinski definition) is 4. The number of thiophene rings is 1. The number of carbonyl (C=O) groups is 1. The number of nitrogens with one attached hydrogen (secondary N) is 1. The third-order valence-corrected chi connectivity index (χ3v) is 4.30. The van der Waals surface area contributed by atoms with E-state index in [0.717, 1.165) is 0 Å². The van der Waals surface area contributed by atoms with E-state index >= 15 is 0 Å². The zero-order chi connectivity index (χ0) is 14.0. The lowest BCUT2D eigenvalue weighted by Gasteiger charge is -2.05. The summed E-state index contributed by atoms with van der Waals surface area (Å²) in [5.74, 6) is -0.424. The first kappa shape index (κ1) is 14.0. The number of nitrogens with zero attached hydrogens (tertiary/aromatic N) is 1. The average Bonchev–Trinajstić information content (AvgIpc) is 2.75. The maximum absolute atomic E-state index is 12.0. The second-order valence-electron chi connectivity index (χ2n) is 3.47. The molecule has 0 unspecified atom stereocenters. The average molecular weight is 362 g/mol. The lowest BCUT2D eigenvalue weighted by Crippen LogP contribution is -2.12. The van der Waals surface area contributed by atoms with Crippen LogP contribution in [0.1, 0.15) is 9.67 Å². The van der Waals surface area contributed by atoms with Crippen LogP contribution in [0.25, 0.3) is 0 Å². The van der Waals surface area contributed by atoms with Crippen molar-refractivity contribution in [3.63, 3.8) is 0 Å². The van der Waals surface area contributed by atoms with E-state index in [0.29, 0.717) is 14.4 Å². The molecule has 19 heavy (non-hydrogen) atoms. The third-order valence-electron chi connectivity index (χ3n) is 2.23. The normalized spacial score (nSPS) is 10.2. The molecule has 2 rings (SSSR count). The summed E-state index contributed by atoms with van der Waals surface area (Å²) < 4.78 is 0.639. The first-order chi connectivity index (χ1) is 8.99. The van der Waals surface area contributed by atoms with Crippen molar-refractivity contribution >= 4 is 56.1 Å². The highest BCUT2D eigenvalue weighted by Gasteiger charge is 2.18. The Balaban J connectivity index is 2.33. The molecule has 0 saturated heterocycles. The van der Waals surface area contributed by atoms with Gasteiger partial charge in [-0.2, -0.15) is 0 Å². The lowest BCUT2D eigenvalue weighted by molar-refractivity contribution is -0.383. The van der Waals surface area contributed by atoms with Gasteiger partial charge in [-0.05, 0) is 39.5 Å². The molecule has 0 fully saturated rings. The van der Waals surface area contributed by atoms with Crippen LogP contribution in [0.4, 0.5) is 11.4 Å². The standard InChI is InChI=1S/C11H6BrClN2O3S/c12-7-3-4-19-10(7)11(16)14-8-5-6(13)1-2-9(8)15(17)18/h1-5H,(H,14,16). The molecular formula is C11H6BrClN2O3S. The predicted octanol–water partition coefficient (Wildman–Crippen LogP) is 4.32. The molecule has 2 aromatic rings. The number of benzene rings is 1. The fourth-order valence-corrected chi connectivity index (χ4v) is 3.02. The maximum atomic E-state index is 12.0. The van der Waals surface area contributed by atoms with E-state index in [1.165, 1.54) is 29.5 Å². The Hall–Kier alpha value is -1.44. The van der Waals surface area contributed by atoms with Crippen LogP contribution in [0.15, 0.2) is 34.1 Å². The number of carbonyl (C=O) groups excluding carboxylic acids is 1. The number of nitro groups is 1. The van der Waals surface area contributed by atoms with Gasteiger partial charge >= 0.3 is 0 Å². The molecule has 1 heterocycles. The topological polar surface area (TPSA) is 72.2 Å². The number of halogens is 2. The number of rotatable bonds is 3. The van der Waals surface area contributed by atoms with Crippen LogP contribution in [-0.2, 0) is 0 Å². The Kier molecular flexibility index (Phi) is 4.18. The van der Waals surface area contributed by atoms with E-state index < -0.39 is 10.8 Å². The minimum Gasteiger partial charge on any atom is -0.315 e. The van der Waals surface area contributed by atoms with Crippen molar-refractivity contribution in [2.45, 2.75) is 0 Å². The number of anilines is 1. The van der Waals surface area contributed by atoms with Crippen LogP contribution in [0, 0.1) is 10.1 Å². The highest BCUT2D eigenvalue weighted by molar-refractivity contribution is 9.10. The molecule has 0 spiro atoms. The fourth-order valence-electron chi connectivity index (χ4n) is 1.40. The van der Waals surface area contributed by atoms with Gasteiger partial charge in [0.05, 0.1) is 4.92 Å². The van der Waals surface area contributed by atoms with Gasteiger partial charge in [0, 0.05) is 15.6 Å². The Bertz CT molecular complexity index is 659. The van der Waals surface area contributed by atoms with Gasteiger partial charge in [0.15, 0.2) is 0 Å². The second kappa shape index (κ2) is 5.68. The molecule has 1 N–H and O–H groups in total. The molecular weight excluding hydrogens is 356 g/mol. The first-order valence-corrected chi connectivity index (χ1v) is 7.02. The van der Waals surface area contributed by atoms with Crippen molar-refractivity contribution in [2.24, 2.45) is 0 Å². The van der Waals surface area contributed by atoms with E-state index in [1.807, 2.05) is 0 Å². The van der Waals surface area contributed by atoms with E-state index in [1.54, 1.807) is 11.4 Å². The molecule has 0 aliphatic heterocycles. The zero-order valence-electron chi connectivity index (χ0n) is 9.22. The van der Waals surface area contributed by atoms with Crippen LogP contribution in [0.3, 0.4) is 0 Å². The molecule has 0 bridgehead atoms. The molecule has 5 nitrogen and oxygen atoms in total. The summed E-state index contributed by atoms with van der Waals surface area (Å²) in [6.45, 7) is 0. The largest absolute Gasteiger partial charge is 0.315 e. The maximum Gasteiger partial charge on any atom is 0.292 e. The highest BCUT2D eigenvalue weighted by atomic mass is 79.9. The Labute approximate surface area is 125 Å². The summed E-state index contributed by atoms with van der Waals surface area (Å²) >= 11 is 10.2. The highest BCUT2D eigenvalue weighted by Crippen LogP contribution is 2.29. The summed E-state index contributed by atoms with van der Waals surface area (Å²) in [5, 5.41) is 15.4. The van der Waals surface area contributed by atoms with Crippen molar-refractivity contribution in [1.82, 2.24) is 0 Å². The van der Waals surface area contributed by atoms with E-state index in [4.69, 9.17) is 11.6 Å². The van der Waals surface area contributed by atoms with Gasteiger partial charge in [0.2, 0.25) is 0 Å². The van der Waals surface area contributed by atoms with Gasteiger partial charge in [-0.15, -0.1) is 11.3 Å². The summed E-state index contributed by atoms with van der Waals surface area (Å²) in [4.78, 5) is 22.7. The van der Waals surface area contributed by atoms with Gasteiger partial charge in [-0.3, -0.25) is 14.9 Å². The van der Waals surface area contributed by atoms with Crippen molar-refractivity contribution in [2.75, 3.05) is 5.32 Å². The summed E-state index contributed by atoms with van der Waals surface area (Å²) in [6, 6.07) is 5.73. The van der Waals surface area contributed by atoms with Crippen LogP contribution in [0.5, 0.6) is 0 Å². The van der Waals surface area contributed by atoms with Gasteiger partial charge in [-0.25, -0.2) is 0 Å². The minimum atomic E-state index is -0.574. The lowest BCUT2D eigenvalue weighted by atomic mass is 10.2. The molecule has 1 aromatic heterocycles. The Morgan fingerprint density at radius 1 is 1.42 bits per heavy atom. The summed E-state index contributed by atoms with van der Waals surface area (Å²) in [5.41, 5.74) is -0.131. The predicted molar refractivity (Wildman–Crippen MR) is 78.1 cm³/mol. The SMILES string of the molecule is O=C(Nc1cc(Cl)ccc1[N+](=O)[O-])c1sccc1Br. The third kappa shape index (κ3) is 3.12. The number of hydrogen-bond donors (Lipinski definition) is 1. The van der Waals surface area contributed by atoms with Gasteiger partial charge in [-0.1, -0.05) is 11.6 Å². The minimum absolute atomic E-state index is 0.0720. The molecule has 8 heteroatoms. The van der Waals surface area contributed by atoms with Crippen molar-refractivity contribution in [3.05, 3.63) is 54.1 Å². The van der Waals surface area contributed by atoms with E-state index in [9.17, 15) is 14.9 Å². The molecule has 0 saturated carbocycles. The number of nitro benzene ring substituents is 1. The van der Waals surface area contributed by atoms with E-state index in [-0.39, 0.29) is 11.4 Å². The van der Waals surface area contributed by atoms with Crippen LogP contribution in [0.2, 0.25) is 5.02 Å². The van der Waals surface area contributed by atoms with Crippen molar-refractivity contribution in [3.8, 4) is 0 Å². The Morgan fingerprint density at radius 2 is 2.16 bits per heavy atom. The van der Waals surface area contributed by atoms with Gasteiger partial charge in [0.25, 0.3) is 11.6 Å². The monoisotopic (exact) mass is 360 g/mol. The van der Waals surface area contributed by atoms with Crippen molar-refractivity contribution < 1.29 is 9.72 Å². The van der Waals surface area contributed by atoms with Crippen molar-refractivity contribution in [1.29, 1.82) is 0 Å². The molecule has 0 aliphatic carbocycles. The molecule has 0 aliphatic rings. The molecule has 98 valence electrons. The zero-order valence-corrected chi connectivity index (χ0v) is 12.4. The van der Waals surface area contributed by atoms with Gasteiger partial charge in [0.1, 0.15) is 10.6 Å². The van der Waals surface area contributed by atoms with Gasteiger partial charge < -0.3 is 5.32 Å². The molecule has 0 radical (unpaired) electrons. The van der Waals surface area contributed by atoms with E-state index in [2.05, 4.69) is 21.2 Å². The molecule has 1 amide bonds. The molecule has 1 aromatic carbocycles. The van der Waals surface area contributed by atoms with Crippen LogP contribution >= 0.6 is 38.9 Å². The summed E-state index contributed by atoms with van der Waals surface area (Å²) in [7, 11) is 0. The quantitative estimate of drug-likeness (QED) is 0.653. The fraction of sp³-hybridized carbons (Fsp3) is 0. The Morgan fingerprint density at radius 3 is 2.74 bits per heavy atom. The van der Waals surface area contributed by atoms with Crippen LogP contribution in [-0.4, -0.2) is 10.8 Å².